The summed E-state index contributed by atoms with van der Waals surface area (Å²) < 4.78 is 0. The van der Waals surface area contributed by atoms with Crippen LogP contribution in [0.4, 0.5) is 0 Å². The number of nitrogens with one attached hydrogen (secondary N) is 1. The Morgan fingerprint density at radius 1 is 1.58 bits per heavy atom. The van der Waals surface area contributed by atoms with Crippen LogP contribution in [0.5, 0.6) is 0 Å². The lowest BCUT2D eigenvalue weighted by molar-refractivity contribution is -0.130. The van der Waals surface area contributed by atoms with E-state index in [0.29, 0.717) is 6.54 Å². The summed E-state index contributed by atoms with van der Waals surface area (Å²) in [5.41, 5.74) is 0.210. The first-order valence-electron chi connectivity index (χ1n) is 4.54. The molecule has 0 aromatic rings. The van der Waals surface area contributed by atoms with Crippen molar-refractivity contribution in [1.82, 2.24) is 10.2 Å². The van der Waals surface area contributed by atoms with Gasteiger partial charge in [-0.1, -0.05) is 13.8 Å². The van der Waals surface area contributed by atoms with Crippen LogP contribution in [0, 0.1) is 5.41 Å². The quantitative estimate of drug-likeness (QED) is 0.620. The summed E-state index contributed by atoms with van der Waals surface area (Å²) >= 11 is 0. The number of likely N-dealkylation sites (N-methyl/N-ethyl adjacent to an activating group) is 1. The van der Waals surface area contributed by atoms with Gasteiger partial charge in [0.2, 0.25) is 5.91 Å². The summed E-state index contributed by atoms with van der Waals surface area (Å²) in [7, 11) is 0. The minimum absolute atomic E-state index is 0.210. The van der Waals surface area contributed by atoms with Crippen molar-refractivity contribution in [2.45, 2.75) is 20.8 Å². The molecule has 70 valence electrons. The largest absolute Gasteiger partial charge is 0.341 e. The molecule has 1 aliphatic heterocycles. The Morgan fingerprint density at radius 3 is 2.83 bits per heavy atom. The second-order valence-corrected chi connectivity index (χ2v) is 4.18. The Balaban J connectivity index is 2.65. The minimum atomic E-state index is 0.210. The Labute approximate surface area is 74.1 Å². The molecule has 1 saturated heterocycles. The van der Waals surface area contributed by atoms with Gasteiger partial charge < -0.3 is 10.2 Å². The molecule has 1 N–H and O–H groups in total. The lowest BCUT2D eigenvalue weighted by Crippen LogP contribution is -2.37. The fourth-order valence-corrected chi connectivity index (χ4v) is 1.57. The molecule has 12 heavy (non-hydrogen) atoms. The normalized spacial score (nSPS) is 23.9. The van der Waals surface area contributed by atoms with Crippen molar-refractivity contribution in [1.29, 1.82) is 0 Å². The summed E-state index contributed by atoms with van der Waals surface area (Å²) in [4.78, 5) is 13.3. The highest BCUT2D eigenvalue weighted by Gasteiger charge is 2.26. The van der Waals surface area contributed by atoms with Crippen LogP contribution in [0.1, 0.15) is 20.8 Å². The van der Waals surface area contributed by atoms with Crippen LogP contribution in [0.3, 0.4) is 0 Å². The topological polar surface area (TPSA) is 32.3 Å². The molecular formula is C9H18N2O. The summed E-state index contributed by atoms with van der Waals surface area (Å²) in [5, 5.41) is 3.16. The number of rotatable bonds is 1. The van der Waals surface area contributed by atoms with Gasteiger partial charge in [0.15, 0.2) is 0 Å². The van der Waals surface area contributed by atoms with Crippen LogP contribution in [0.25, 0.3) is 0 Å². The third-order valence-corrected chi connectivity index (χ3v) is 2.23. The maximum atomic E-state index is 11.4. The van der Waals surface area contributed by atoms with Gasteiger partial charge in [-0.2, -0.15) is 0 Å². The standard InChI is InChI=1S/C9H18N2O/c1-4-11-7-9(2,3)6-10-5-8(11)12/h10H,4-7H2,1-3H3. The van der Waals surface area contributed by atoms with E-state index in [4.69, 9.17) is 0 Å². The van der Waals surface area contributed by atoms with Crippen LogP contribution in [-0.2, 0) is 4.79 Å². The molecule has 0 atom stereocenters. The second-order valence-electron chi connectivity index (χ2n) is 4.18. The molecule has 0 bridgehead atoms. The number of nitrogens with zero attached hydrogens (tertiary/aromatic N) is 1. The zero-order chi connectivity index (χ0) is 9.19. The number of hydrogen-bond acceptors (Lipinski definition) is 2. The zero-order valence-corrected chi connectivity index (χ0v) is 8.18. The molecule has 3 nitrogen and oxygen atoms in total. The minimum Gasteiger partial charge on any atom is -0.341 e. The van der Waals surface area contributed by atoms with Gasteiger partial charge >= 0.3 is 0 Å². The van der Waals surface area contributed by atoms with E-state index in [0.717, 1.165) is 19.6 Å². The van der Waals surface area contributed by atoms with Gasteiger partial charge in [-0.3, -0.25) is 4.79 Å². The van der Waals surface area contributed by atoms with Crippen molar-refractivity contribution in [3.63, 3.8) is 0 Å². The highest BCUT2D eigenvalue weighted by atomic mass is 16.2. The second kappa shape index (κ2) is 3.44. The molecule has 1 heterocycles. The smallest absolute Gasteiger partial charge is 0.236 e. The molecule has 0 unspecified atom stereocenters. The van der Waals surface area contributed by atoms with Gasteiger partial charge in [0.25, 0.3) is 0 Å². The molecular weight excluding hydrogens is 152 g/mol. The Kier molecular flexibility index (Phi) is 2.73. The first-order chi connectivity index (χ1) is 5.55. The third-order valence-electron chi connectivity index (χ3n) is 2.23. The summed E-state index contributed by atoms with van der Waals surface area (Å²) in [6.07, 6.45) is 0. The van der Waals surface area contributed by atoms with Crippen molar-refractivity contribution in [3.8, 4) is 0 Å². The Morgan fingerprint density at radius 2 is 2.25 bits per heavy atom. The van der Waals surface area contributed by atoms with Crippen molar-refractivity contribution >= 4 is 5.91 Å². The summed E-state index contributed by atoms with van der Waals surface area (Å²) in [5.74, 6) is 0.225. The molecule has 1 fully saturated rings. The fourth-order valence-electron chi connectivity index (χ4n) is 1.57. The summed E-state index contributed by atoms with van der Waals surface area (Å²) in [6, 6.07) is 0. The monoisotopic (exact) mass is 170 g/mol. The average Bonchev–Trinajstić information content (AvgIpc) is 2.10. The highest BCUT2D eigenvalue weighted by Crippen LogP contribution is 2.17. The maximum absolute atomic E-state index is 11.4. The van der Waals surface area contributed by atoms with E-state index in [1.54, 1.807) is 0 Å². The predicted octanol–water partition coefficient (Wildman–Crippen LogP) is 0.464. The van der Waals surface area contributed by atoms with Gasteiger partial charge in [-0.05, 0) is 12.3 Å². The number of carbonyl (C=O) groups is 1. The lowest BCUT2D eigenvalue weighted by Gasteiger charge is -2.28. The van der Waals surface area contributed by atoms with Gasteiger partial charge in [0, 0.05) is 19.6 Å². The Hall–Kier alpha value is -0.570. The lowest BCUT2D eigenvalue weighted by atomic mass is 9.93. The van der Waals surface area contributed by atoms with E-state index in [9.17, 15) is 4.79 Å². The van der Waals surface area contributed by atoms with E-state index in [1.165, 1.54) is 0 Å². The van der Waals surface area contributed by atoms with Crippen LogP contribution in [0.2, 0.25) is 0 Å². The number of amides is 1. The molecule has 3 heteroatoms. The van der Waals surface area contributed by atoms with Crippen molar-refractivity contribution in [2.75, 3.05) is 26.2 Å². The van der Waals surface area contributed by atoms with E-state index in [2.05, 4.69) is 19.2 Å². The molecule has 1 rings (SSSR count). The average molecular weight is 170 g/mol. The van der Waals surface area contributed by atoms with Crippen LogP contribution in [0.15, 0.2) is 0 Å². The molecule has 1 amide bonds. The highest BCUT2D eigenvalue weighted by molar-refractivity contribution is 5.78. The SMILES string of the molecule is CCN1CC(C)(C)CNCC1=O. The number of hydrogen-bond donors (Lipinski definition) is 1. The molecule has 0 aliphatic carbocycles. The molecule has 0 radical (unpaired) electrons. The van der Waals surface area contributed by atoms with Crippen molar-refractivity contribution in [3.05, 3.63) is 0 Å². The van der Waals surface area contributed by atoms with E-state index in [-0.39, 0.29) is 11.3 Å². The third kappa shape index (κ3) is 2.21. The van der Waals surface area contributed by atoms with Gasteiger partial charge in [0.05, 0.1) is 6.54 Å². The van der Waals surface area contributed by atoms with E-state index < -0.39 is 0 Å². The molecule has 0 saturated carbocycles. The van der Waals surface area contributed by atoms with Crippen LogP contribution < -0.4 is 5.32 Å². The summed E-state index contributed by atoms with van der Waals surface area (Å²) in [6.45, 7) is 9.51. The number of carbonyl (C=O) groups excluding carboxylic acids is 1. The van der Waals surface area contributed by atoms with Crippen LogP contribution >= 0.6 is 0 Å². The first kappa shape index (κ1) is 9.52. The first-order valence-corrected chi connectivity index (χ1v) is 4.54. The molecule has 0 spiro atoms. The van der Waals surface area contributed by atoms with Crippen LogP contribution in [-0.4, -0.2) is 37.0 Å². The fraction of sp³-hybridized carbons (Fsp3) is 0.889. The van der Waals surface area contributed by atoms with Crippen molar-refractivity contribution < 1.29 is 4.79 Å². The Bertz CT molecular complexity index is 177. The van der Waals surface area contributed by atoms with Gasteiger partial charge in [0.1, 0.15) is 0 Å². The molecule has 1 aliphatic rings. The molecule has 0 aromatic carbocycles. The zero-order valence-electron chi connectivity index (χ0n) is 8.18. The maximum Gasteiger partial charge on any atom is 0.236 e. The van der Waals surface area contributed by atoms with Gasteiger partial charge in [-0.15, -0.1) is 0 Å². The molecule has 0 aromatic heterocycles. The van der Waals surface area contributed by atoms with Gasteiger partial charge in [-0.25, -0.2) is 0 Å². The predicted molar refractivity (Wildman–Crippen MR) is 48.9 cm³/mol. The van der Waals surface area contributed by atoms with Crippen molar-refractivity contribution in [2.24, 2.45) is 5.41 Å². The van der Waals surface area contributed by atoms with E-state index in [1.807, 2.05) is 11.8 Å². The van der Waals surface area contributed by atoms with E-state index >= 15 is 0 Å².